The molecule has 1 unspecified atom stereocenters. The number of rotatable bonds is 3. The number of hydrazone groups is 1. The standard InChI is InChI=1S/C11H13N3O3/c1-7(9-3-2-6-17-9)12-11(16)8-4-5-10(15)14-13-8/h2-3,6-7H,4-5H2,1H3,(H,12,16)(H,14,15). The minimum Gasteiger partial charge on any atom is -0.467 e. The first kappa shape index (κ1) is 11.4. The van der Waals surface area contributed by atoms with Crippen LogP contribution in [-0.2, 0) is 9.59 Å². The van der Waals surface area contributed by atoms with E-state index in [2.05, 4.69) is 15.8 Å². The van der Waals surface area contributed by atoms with Gasteiger partial charge in [-0.3, -0.25) is 9.59 Å². The van der Waals surface area contributed by atoms with Gasteiger partial charge in [-0.1, -0.05) is 0 Å². The van der Waals surface area contributed by atoms with Gasteiger partial charge in [0.05, 0.1) is 12.3 Å². The van der Waals surface area contributed by atoms with E-state index in [1.165, 1.54) is 0 Å². The maximum absolute atomic E-state index is 11.8. The second-order valence-electron chi connectivity index (χ2n) is 3.80. The number of nitrogens with one attached hydrogen (secondary N) is 2. The Balaban J connectivity index is 1.95. The zero-order valence-electron chi connectivity index (χ0n) is 9.40. The van der Waals surface area contributed by atoms with Crippen LogP contribution in [-0.4, -0.2) is 17.5 Å². The fraction of sp³-hybridized carbons (Fsp3) is 0.364. The van der Waals surface area contributed by atoms with E-state index in [0.717, 1.165) is 0 Å². The van der Waals surface area contributed by atoms with Crippen LogP contribution in [0.5, 0.6) is 0 Å². The van der Waals surface area contributed by atoms with E-state index in [0.29, 0.717) is 24.3 Å². The Labute approximate surface area is 98.1 Å². The third-order valence-corrected chi connectivity index (χ3v) is 2.48. The molecule has 0 radical (unpaired) electrons. The first-order chi connectivity index (χ1) is 8.16. The van der Waals surface area contributed by atoms with Crippen molar-refractivity contribution in [3.8, 4) is 0 Å². The second-order valence-corrected chi connectivity index (χ2v) is 3.80. The lowest BCUT2D eigenvalue weighted by atomic mass is 10.1. The lowest BCUT2D eigenvalue weighted by Crippen LogP contribution is -2.37. The van der Waals surface area contributed by atoms with E-state index < -0.39 is 0 Å². The van der Waals surface area contributed by atoms with Crippen LogP contribution in [0.1, 0.15) is 31.6 Å². The number of hydrogen-bond donors (Lipinski definition) is 2. The number of carbonyl (C=O) groups excluding carboxylic acids is 2. The van der Waals surface area contributed by atoms with Gasteiger partial charge in [0.25, 0.3) is 5.91 Å². The van der Waals surface area contributed by atoms with Crippen LogP contribution >= 0.6 is 0 Å². The summed E-state index contributed by atoms with van der Waals surface area (Å²) in [6.07, 6.45) is 2.21. The van der Waals surface area contributed by atoms with Crippen molar-refractivity contribution in [3.05, 3.63) is 24.2 Å². The van der Waals surface area contributed by atoms with E-state index in [4.69, 9.17) is 4.42 Å². The fourth-order valence-corrected chi connectivity index (χ4v) is 1.53. The lowest BCUT2D eigenvalue weighted by Gasteiger charge is -2.15. The molecule has 0 bridgehead atoms. The summed E-state index contributed by atoms with van der Waals surface area (Å²) in [5.41, 5.74) is 2.62. The van der Waals surface area contributed by atoms with Crippen molar-refractivity contribution in [3.63, 3.8) is 0 Å². The van der Waals surface area contributed by atoms with Gasteiger partial charge in [0.1, 0.15) is 11.5 Å². The predicted molar refractivity (Wildman–Crippen MR) is 60.1 cm³/mol. The van der Waals surface area contributed by atoms with Crippen molar-refractivity contribution in [2.75, 3.05) is 0 Å². The Morgan fingerprint density at radius 3 is 3.00 bits per heavy atom. The normalized spacial score (nSPS) is 17.0. The zero-order chi connectivity index (χ0) is 12.3. The van der Waals surface area contributed by atoms with E-state index >= 15 is 0 Å². The molecule has 0 aliphatic carbocycles. The Morgan fingerprint density at radius 2 is 2.41 bits per heavy atom. The molecule has 2 amide bonds. The number of hydrogen-bond acceptors (Lipinski definition) is 4. The first-order valence-electron chi connectivity index (χ1n) is 5.36. The van der Waals surface area contributed by atoms with Crippen LogP contribution < -0.4 is 10.7 Å². The molecule has 0 saturated carbocycles. The molecule has 1 aromatic heterocycles. The van der Waals surface area contributed by atoms with Gasteiger partial charge >= 0.3 is 0 Å². The Bertz CT molecular complexity index is 451. The second kappa shape index (κ2) is 4.82. The molecular weight excluding hydrogens is 222 g/mol. The van der Waals surface area contributed by atoms with Crippen molar-refractivity contribution >= 4 is 17.5 Å². The first-order valence-corrected chi connectivity index (χ1v) is 5.36. The minimum atomic E-state index is -0.283. The number of nitrogens with zero attached hydrogens (tertiary/aromatic N) is 1. The molecule has 1 atom stereocenters. The summed E-state index contributed by atoms with van der Waals surface area (Å²) in [4.78, 5) is 22.7. The van der Waals surface area contributed by atoms with E-state index in [9.17, 15) is 9.59 Å². The fourth-order valence-electron chi connectivity index (χ4n) is 1.53. The van der Waals surface area contributed by atoms with E-state index in [1.54, 1.807) is 18.4 Å². The van der Waals surface area contributed by atoms with Crippen molar-refractivity contribution < 1.29 is 14.0 Å². The summed E-state index contributed by atoms with van der Waals surface area (Å²) in [6.45, 7) is 1.82. The highest BCUT2D eigenvalue weighted by Gasteiger charge is 2.20. The molecule has 2 N–H and O–H groups in total. The number of carbonyl (C=O) groups is 2. The van der Waals surface area contributed by atoms with Gasteiger partial charge in [0, 0.05) is 12.8 Å². The van der Waals surface area contributed by atoms with Gasteiger partial charge in [0.2, 0.25) is 5.91 Å². The molecule has 6 heteroatoms. The lowest BCUT2D eigenvalue weighted by molar-refractivity contribution is -0.121. The predicted octanol–water partition coefficient (Wildman–Crippen LogP) is 0.723. The molecular formula is C11H13N3O3. The minimum absolute atomic E-state index is 0.166. The number of amides is 2. The average Bonchev–Trinajstić information content (AvgIpc) is 2.83. The molecule has 1 aliphatic heterocycles. The summed E-state index contributed by atoms with van der Waals surface area (Å²) in [7, 11) is 0. The molecule has 2 heterocycles. The third-order valence-electron chi connectivity index (χ3n) is 2.48. The highest BCUT2D eigenvalue weighted by molar-refractivity contribution is 6.39. The van der Waals surface area contributed by atoms with Crippen molar-refractivity contribution in [2.45, 2.75) is 25.8 Å². The summed E-state index contributed by atoms with van der Waals surface area (Å²) in [5, 5.41) is 6.47. The Hall–Kier alpha value is -2.11. The highest BCUT2D eigenvalue weighted by atomic mass is 16.3. The molecule has 90 valence electrons. The van der Waals surface area contributed by atoms with E-state index in [-0.39, 0.29) is 17.9 Å². The van der Waals surface area contributed by atoms with Gasteiger partial charge in [-0.25, -0.2) is 5.43 Å². The van der Waals surface area contributed by atoms with Gasteiger partial charge in [-0.05, 0) is 19.1 Å². The topological polar surface area (TPSA) is 83.7 Å². The Morgan fingerprint density at radius 1 is 1.59 bits per heavy atom. The molecule has 0 fully saturated rings. The van der Waals surface area contributed by atoms with Crippen molar-refractivity contribution in [1.82, 2.24) is 10.7 Å². The van der Waals surface area contributed by atoms with Crippen molar-refractivity contribution in [2.24, 2.45) is 5.10 Å². The van der Waals surface area contributed by atoms with Crippen LogP contribution in [0.4, 0.5) is 0 Å². The van der Waals surface area contributed by atoms with Gasteiger partial charge < -0.3 is 9.73 Å². The zero-order valence-corrected chi connectivity index (χ0v) is 9.40. The SMILES string of the molecule is CC(NC(=O)C1=NNC(=O)CC1)c1ccco1. The highest BCUT2D eigenvalue weighted by Crippen LogP contribution is 2.12. The average molecular weight is 235 g/mol. The monoisotopic (exact) mass is 235 g/mol. The molecule has 17 heavy (non-hydrogen) atoms. The van der Waals surface area contributed by atoms with Crippen LogP contribution in [0, 0.1) is 0 Å². The van der Waals surface area contributed by atoms with Crippen molar-refractivity contribution in [1.29, 1.82) is 0 Å². The molecule has 2 rings (SSSR count). The summed E-state index contributed by atoms with van der Waals surface area (Å²) in [5.74, 6) is 0.230. The maximum atomic E-state index is 11.8. The molecule has 0 spiro atoms. The molecule has 6 nitrogen and oxygen atoms in total. The van der Waals surface area contributed by atoms with Crippen LogP contribution in [0.2, 0.25) is 0 Å². The molecule has 1 aromatic rings. The van der Waals surface area contributed by atoms with Gasteiger partial charge in [-0.15, -0.1) is 0 Å². The van der Waals surface area contributed by atoms with Crippen LogP contribution in [0.15, 0.2) is 27.9 Å². The van der Waals surface area contributed by atoms with Gasteiger partial charge in [-0.2, -0.15) is 5.10 Å². The van der Waals surface area contributed by atoms with Gasteiger partial charge in [0.15, 0.2) is 0 Å². The quantitative estimate of drug-likeness (QED) is 0.809. The number of furan rings is 1. The summed E-state index contributed by atoms with van der Waals surface area (Å²) < 4.78 is 5.18. The molecule has 0 saturated heterocycles. The van der Waals surface area contributed by atoms with Crippen LogP contribution in [0.3, 0.4) is 0 Å². The molecule has 1 aliphatic rings. The summed E-state index contributed by atoms with van der Waals surface area (Å²) >= 11 is 0. The van der Waals surface area contributed by atoms with E-state index in [1.807, 2.05) is 6.92 Å². The third kappa shape index (κ3) is 2.72. The summed E-state index contributed by atoms with van der Waals surface area (Å²) in [6, 6.07) is 3.32. The molecule has 0 aromatic carbocycles. The maximum Gasteiger partial charge on any atom is 0.268 e. The smallest absolute Gasteiger partial charge is 0.268 e. The largest absolute Gasteiger partial charge is 0.467 e. The Kier molecular flexibility index (Phi) is 3.22. The van der Waals surface area contributed by atoms with Crippen LogP contribution in [0.25, 0.3) is 0 Å².